The fourth-order valence-corrected chi connectivity index (χ4v) is 2.30. The largest absolute Gasteiger partial charge is 0.493 e. The molecule has 1 aromatic carbocycles. The van der Waals surface area contributed by atoms with Crippen LogP contribution in [0.3, 0.4) is 0 Å². The van der Waals surface area contributed by atoms with Crippen LogP contribution in [0.2, 0.25) is 0 Å². The molecule has 2 rings (SSSR count). The number of hydrogen-bond acceptors (Lipinski definition) is 5. The molecular weight excluding hydrogens is 298 g/mol. The first kappa shape index (κ1) is 16.7. The highest BCUT2D eigenvalue weighted by Gasteiger charge is 2.20. The van der Waals surface area contributed by atoms with Crippen LogP contribution in [-0.4, -0.2) is 39.2 Å². The molecule has 1 heterocycles. The molecule has 23 heavy (non-hydrogen) atoms. The number of aryl methyl sites for hydroxylation is 1. The molecule has 0 bridgehead atoms. The van der Waals surface area contributed by atoms with E-state index in [2.05, 4.69) is 0 Å². The van der Waals surface area contributed by atoms with Gasteiger partial charge in [-0.05, 0) is 31.2 Å². The molecule has 0 N–H and O–H groups in total. The van der Waals surface area contributed by atoms with Crippen molar-refractivity contribution >= 4 is 5.91 Å². The fraction of sp³-hybridized carbons (Fsp3) is 0.353. The molecule has 0 saturated heterocycles. The summed E-state index contributed by atoms with van der Waals surface area (Å²) < 4.78 is 21.3. The van der Waals surface area contributed by atoms with Gasteiger partial charge in [-0.25, -0.2) is 0 Å². The molecule has 0 spiro atoms. The highest BCUT2D eigenvalue weighted by molar-refractivity contribution is 5.95. The average molecular weight is 319 g/mol. The SMILES string of the molecule is COc1cc(C(=O)N(C)Cc2ccc(C)o2)cc(OC)c1OC. The molecule has 1 aromatic heterocycles. The van der Waals surface area contributed by atoms with Gasteiger partial charge in [-0.2, -0.15) is 0 Å². The summed E-state index contributed by atoms with van der Waals surface area (Å²) in [6, 6.07) is 6.99. The van der Waals surface area contributed by atoms with Crippen LogP contribution in [0.5, 0.6) is 17.2 Å². The number of carbonyl (C=O) groups excluding carboxylic acids is 1. The van der Waals surface area contributed by atoms with Crippen molar-refractivity contribution in [2.75, 3.05) is 28.4 Å². The minimum Gasteiger partial charge on any atom is -0.493 e. The third kappa shape index (κ3) is 3.59. The van der Waals surface area contributed by atoms with Gasteiger partial charge in [-0.15, -0.1) is 0 Å². The van der Waals surface area contributed by atoms with Gasteiger partial charge in [0.1, 0.15) is 11.5 Å². The first-order valence-corrected chi connectivity index (χ1v) is 7.11. The van der Waals surface area contributed by atoms with Crippen LogP contribution in [0, 0.1) is 6.92 Å². The van der Waals surface area contributed by atoms with Crippen molar-refractivity contribution in [3.8, 4) is 17.2 Å². The van der Waals surface area contributed by atoms with E-state index in [9.17, 15) is 4.79 Å². The Labute approximate surface area is 135 Å². The number of benzene rings is 1. The summed E-state index contributed by atoms with van der Waals surface area (Å²) in [6.07, 6.45) is 0. The lowest BCUT2D eigenvalue weighted by atomic mass is 10.1. The van der Waals surface area contributed by atoms with E-state index in [0.717, 1.165) is 11.5 Å². The predicted molar refractivity (Wildman–Crippen MR) is 85.3 cm³/mol. The van der Waals surface area contributed by atoms with Crippen LogP contribution in [0.1, 0.15) is 21.9 Å². The van der Waals surface area contributed by atoms with Crippen LogP contribution in [-0.2, 0) is 6.54 Å². The third-order valence-corrected chi connectivity index (χ3v) is 3.45. The Hall–Kier alpha value is -2.63. The van der Waals surface area contributed by atoms with Crippen LogP contribution in [0.4, 0.5) is 0 Å². The number of amides is 1. The fourth-order valence-electron chi connectivity index (χ4n) is 2.30. The Morgan fingerprint density at radius 3 is 2.13 bits per heavy atom. The molecule has 0 radical (unpaired) electrons. The van der Waals surface area contributed by atoms with E-state index in [1.54, 1.807) is 24.1 Å². The van der Waals surface area contributed by atoms with E-state index < -0.39 is 0 Å². The van der Waals surface area contributed by atoms with Crippen LogP contribution >= 0.6 is 0 Å². The molecule has 0 saturated carbocycles. The van der Waals surface area contributed by atoms with Crippen LogP contribution < -0.4 is 14.2 Å². The van der Waals surface area contributed by atoms with E-state index in [4.69, 9.17) is 18.6 Å². The molecule has 0 unspecified atom stereocenters. The molecule has 0 fully saturated rings. The van der Waals surface area contributed by atoms with Gasteiger partial charge in [0.05, 0.1) is 27.9 Å². The Bertz CT molecular complexity index is 667. The quantitative estimate of drug-likeness (QED) is 0.819. The second-order valence-corrected chi connectivity index (χ2v) is 5.09. The Morgan fingerprint density at radius 2 is 1.70 bits per heavy atom. The van der Waals surface area contributed by atoms with Crippen LogP contribution in [0.15, 0.2) is 28.7 Å². The lowest BCUT2D eigenvalue weighted by molar-refractivity contribution is 0.0774. The van der Waals surface area contributed by atoms with Gasteiger partial charge in [0.15, 0.2) is 11.5 Å². The van der Waals surface area contributed by atoms with Gasteiger partial charge in [0.2, 0.25) is 5.75 Å². The topological polar surface area (TPSA) is 61.1 Å². The van der Waals surface area contributed by atoms with Crippen molar-refractivity contribution in [2.24, 2.45) is 0 Å². The molecule has 0 aliphatic heterocycles. The first-order valence-electron chi connectivity index (χ1n) is 7.11. The maximum absolute atomic E-state index is 12.6. The van der Waals surface area contributed by atoms with Crippen LogP contribution in [0.25, 0.3) is 0 Å². The van der Waals surface area contributed by atoms with E-state index in [1.165, 1.54) is 21.3 Å². The van der Waals surface area contributed by atoms with Crippen molar-refractivity contribution < 1.29 is 23.4 Å². The molecule has 6 nitrogen and oxygen atoms in total. The number of furan rings is 1. The summed E-state index contributed by atoms with van der Waals surface area (Å²) in [6.45, 7) is 2.24. The highest BCUT2D eigenvalue weighted by atomic mass is 16.5. The second-order valence-electron chi connectivity index (χ2n) is 5.09. The number of hydrogen-bond donors (Lipinski definition) is 0. The monoisotopic (exact) mass is 319 g/mol. The smallest absolute Gasteiger partial charge is 0.254 e. The van der Waals surface area contributed by atoms with Crippen molar-refractivity contribution in [3.63, 3.8) is 0 Å². The molecule has 0 aliphatic rings. The number of ether oxygens (including phenoxy) is 3. The third-order valence-electron chi connectivity index (χ3n) is 3.45. The lowest BCUT2D eigenvalue weighted by Crippen LogP contribution is -2.26. The molecular formula is C17H21NO5. The Balaban J connectivity index is 2.27. The Morgan fingerprint density at radius 1 is 1.09 bits per heavy atom. The van der Waals surface area contributed by atoms with E-state index >= 15 is 0 Å². The average Bonchev–Trinajstić information content (AvgIpc) is 2.97. The Kier molecular flexibility index (Phi) is 5.16. The van der Waals surface area contributed by atoms with E-state index in [0.29, 0.717) is 29.4 Å². The van der Waals surface area contributed by atoms with Gasteiger partial charge in [-0.3, -0.25) is 4.79 Å². The zero-order chi connectivity index (χ0) is 17.0. The normalized spacial score (nSPS) is 10.3. The van der Waals surface area contributed by atoms with Gasteiger partial charge in [0, 0.05) is 12.6 Å². The van der Waals surface area contributed by atoms with Gasteiger partial charge in [0.25, 0.3) is 5.91 Å². The van der Waals surface area contributed by atoms with Crippen molar-refractivity contribution in [1.82, 2.24) is 4.90 Å². The summed E-state index contributed by atoms with van der Waals surface area (Å²) in [4.78, 5) is 14.2. The van der Waals surface area contributed by atoms with Crippen molar-refractivity contribution in [3.05, 3.63) is 41.3 Å². The maximum atomic E-state index is 12.6. The van der Waals surface area contributed by atoms with Crippen molar-refractivity contribution in [1.29, 1.82) is 0 Å². The first-order chi connectivity index (χ1) is 11.0. The number of rotatable bonds is 6. The zero-order valence-corrected chi connectivity index (χ0v) is 14.0. The molecule has 1 amide bonds. The summed E-state index contributed by atoms with van der Waals surface area (Å²) >= 11 is 0. The van der Waals surface area contributed by atoms with E-state index in [-0.39, 0.29) is 5.91 Å². The minimum atomic E-state index is -0.168. The molecule has 6 heteroatoms. The molecule has 0 atom stereocenters. The highest BCUT2D eigenvalue weighted by Crippen LogP contribution is 2.38. The number of carbonyl (C=O) groups is 1. The minimum absolute atomic E-state index is 0.168. The summed E-state index contributed by atoms with van der Waals surface area (Å²) in [7, 11) is 6.26. The molecule has 0 aliphatic carbocycles. The maximum Gasteiger partial charge on any atom is 0.254 e. The molecule has 124 valence electrons. The predicted octanol–water partition coefficient (Wildman–Crippen LogP) is 2.89. The number of nitrogens with zero attached hydrogens (tertiary/aromatic N) is 1. The van der Waals surface area contributed by atoms with Gasteiger partial charge >= 0.3 is 0 Å². The van der Waals surface area contributed by atoms with Gasteiger partial charge in [-0.1, -0.05) is 0 Å². The number of methoxy groups -OCH3 is 3. The summed E-state index contributed by atoms with van der Waals surface area (Å²) in [5, 5.41) is 0. The summed E-state index contributed by atoms with van der Waals surface area (Å²) in [5.41, 5.74) is 0.449. The molecule has 2 aromatic rings. The zero-order valence-electron chi connectivity index (χ0n) is 14.0. The van der Waals surface area contributed by atoms with E-state index in [1.807, 2.05) is 19.1 Å². The lowest BCUT2D eigenvalue weighted by Gasteiger charge is -2.18. The second kappa shape index (κ2) is 7.09. The summed E-state index contributed by atoms with van der Waals surface area (Å²) in [5.74, 6) is 2.71. The van der Waals surface area contributed by atoms with Crippen molar-refractivity contribution in [2.45, 2.75) is 13.5 Å². The standard InChI is InChI=1S/C17H21NO5/c1-11-6-7-13(23-11)10-18(2)17(19)12-8-14(20-3)16(22-5)15(9-12)21-4/h6-9H,10H2,1-5H3. The van der Waals surface area contributed by atoms with Gasteiger partial charge < -0.3 is 23.5 Å².